The number of rotatable bonds is 8. The second-order valence-electron chi connectivity index (χ2n) is 6.22. The summed E-state index contributed by atoms with van der Waals surface area (Å²) in [4.78, 5) is 27.9. The summed E-state index contributed by atoms with van der Waals surface area (Å²) >= 11 is 0. The Balaban J connectivity index is 1.73. The van der Waals surface area contributed by atoms with Crippen molar-refractivity contribution in [1.82, 2.24) is 15.1 Å². The van der Waals surface area contributed by atoms with Gasteiger partial charge in [-0.1, -0.05) is 12.1 Å². The first-order chi connectivity index (χ1) is 12.5. The summed E-state index contributed by atoms with van der Waals surface area (Å²) in [6, 6.07) is 4.76. The quantitative estimate of drug-likeness (QED) is 0.706. The van der Waals surface area contributed by atoms with Crippen LogP contribution in [0.3, 0.4) is 0 Å². The summed E-state index contributed by atoms with van der Waals surface area (Å²) in [6.45, 7) is 6.90. The Labute approximate surface area is 153 Å². The second-order valence-corrected chi connectivity index (χ2v) is 6.22. The number of hydrogen-bond acceptors (Lipinski definition) is 4. The van der Waals surface area contributed by atoms with Crippen molar-refractivity contribution in [3.8, 4) is 5.75 Å². The number of hydrogen-bond donors (Lipinski definition) is 1. The standard InChI is InChI=1S/C19H26FN3O3/c1-3-8-21-18(24)14-22-9-11-23(12-10-22)19(25)7-5-15-4-6-17(26-2)16(20)13-15/h3-4,6,13H,1,5,7-12,14H2,2H3,(H,21,24). The number of nitrogens with one attached hydrogen (secondary N) is 1. The summed E-state index contributed by atoms with van der Waals surface area (Å²) in [5, 5.41) is 2.75. The molecule has 0 aromatic heterocycles. The van der Waals surface area contributed by atoms with E-state index in [0.29, 0.717) is 52.1 Å². The minimum atomic E-state index is -0.416. The molecule has 1 fully saturated rings. The van der Waals surface area contributed by atoms with Gasteiger partial charge in [0.05, 0.1) is 13.7 Å². The molecule has 142 valence electrons. The van der Waals surface area contributed by atoms with Gasteiger partial charge in [0.2, 0.25) is 11.8 Å². The van der Waals surface area contributed by atoms with Crippen LogP contribution < -0.4 is 10.1 Å². The fraction of sp³-hybridized carbons (Fsp3) is 0.474. The highest BCUT2D eigenvalue weighted by atomic mass is 19.1. The molecule has 1 aliphatic heterocycles. The average molecular weight is 363 g/mol. The van der Waals surface area contributed by atoms with Crippen molar-refractivity contribution in [2.24, 2.45) is 0 Å². The Morgan fingerprint density at radius 2 is 2.04 bits per heavy atom. The van der Waals surface area contributed by atoms with E-state index in [1.54, 1.807) is 23.1 Å². The molecule has 1 aromatic carbocycles. The maximum absolute atomic E-state index is 13.7. The van der Waals surface area contributed by atoms with Crippen LogP contribution in [0.1, 0.15) is 12.0 Å². The highest BCUT2D eigenvalue weighted by Crippen LogP contribution is 2.18. The first-order valence-corrected chi connectivity index (χ1v) is 8.73. The molecule has 0 spiro atoms. The molecular weight excluding hydrogens is 337 g/mol. The molecule has 1 heterocycles. The Hall–Kier alpha value is -2.41. The van der Waals surface area contributed by atoms with Crippen LogP contribution in [0.4, 0.5) is 4.39 Å². The number of carbonyl (C=O) groups excluding carboxylic acids is 2. The smallest absolute Gasteiger partial charge is 0.234 e. The van der Waals surface area contributed by atoms with E-state index in [0.717, 1.165) is 5.56 Å². The summed E-state index contributed by atoms with van der Waals surface area (Å²) in [5.74, 6) is -0.197. The lowest BCUT2D eigenvalue weighted by Crippen LogP contribution is -2.51. The highest BCUT2D eigenvalue weighted by molar-refractivity contribution is 5.78. The van der Waals surface area contributed by atoms with Crippen LogP contribution in [0.25, 0.3) is 0 Å². The number of halogens is 1. The predicted molar refractivity (Wildman–Crippen MR) is 97.5 cm³/mol. The number of piperazine rings is 1. The summed E-state index contributed by atoms with van der Waals surface area (Å²) in [7, 11) is 1.42. The van der Waals surface area contributed by atoms with Gasteiger partial charge in [-0.2, -0.15) is 0 Å². The lowest BCUT2D eigenvalue weighted by Gasteiger charge is -2.34. The summed E-state index contributed by atoms with van der Waals surface area (Å²) in [6.07, 6.45) is 2.47. The van der Waals surface area contributed by atoms with E-state index in [1.807, 2.05) is 4.90 Å². The molecule has 1 aliphatic rings. The van der Waals surface area contributed by atoms with Gasteiger partial charge >= 0.3 is 0 Å². The zero-order valence-electron chi connectivity index (χ0n) is 15.2. The number of carbonyl (C=O) groups is 2. The Bertz CT molecular complexity index is 643. The van der Waals surface area contributed by atoms with Gasteiger partial charge in [-0.05, 0) is 24.1 Å². The maximum Gasteiger partial charge on any atom is 0.234 e. The molecule has 7 heteroatoms. The van der Waals surface area contributed by atoms with Crippen molar-refractivity contribution < 1.29 is 18.7 Å². The third-order valence-electron chi connectivity index (χ3n) is 4.38. The summed E-state index contributed by atoms with van der Waals surface area (Å²) < 4.78 is 18.6. The van der Waals surface area contributed by atoms with Crippen molar-refractivity contribution in [2.45, 2.75) is 12.8 Å². The van der Waals surface area contributed by atoms with Crippen molar-refractivity contribution >= 4 is 11.8 Å². The van der Waals surface area contributed by atoms with Crippen LogP contribution in [0.5, 0.6) is 5.75 Å². The lowest BCUT2D eigenvalue weighted by atomic mass is 10.1. The molecule has 26 heavy (non-hydrogen) atoms. The van der Waals surface area contributed by atoms with Gasteiger partial charge in [-0.3, -0.25) is 14.5 Å². The van der Waals surface area contributed by atoms with E-state index < -0.39 is 5.82 Å². The van der Waals surface area contributed by atoms with Crippen LogP contribution in [0, 0.1) is 5.82 Å². The lowest BCUT2D eigenvalue weighted by molar-refractivity contribution is -0.133. The fourth-order valence-electron chi connectivity index (χ4n) is 2.88. The number of ether oxygens (including phenoxy) is 1. The predicted octanol–water partition coefficient (Wildman–Crippen LogP) is 1.21. The Morgan fingerprint density at radius 1 is 1.31 bits per heavy atom. The average Bonchev–Trinajstić information content (AvgIpc) is 2.65. The van der Waals surface area contributed by atoms with E-state index >= 15 is 0 Å². The van der Waals surface area contributed by atoms with Crippen molar-refractivity contribution in [3.05, 3.63) is 42.2 Å². The van der Waals surface area contributed by atoms with Crippen LogP contribution in [-0.2, 0) is 16.0 Å². The number of amides is 2. The van der Waals surface area contributed by atoms with Gasteiger partial charge < -0.3 is 15.0 Å². The molecule has 1 saturated heterocycles. The van der Waals surface area contributed by atoms with Crippen molar-refractivity contribution in [1.29, 1.82) is 0 Å². The molecule has 0 radical (unpaired) electrons. The molecule has 0 aliphatic carbocycles. The highest BCUT2D eigenvalue weighted by Gasteiger charge is 2.22. The zero-order valence-corrected chi connectivity index (χ0v) is 15.2. The number of benzene rings is 1. The largest absolute Gasteiger partial charge is 0.494 e. The van der Waals surface area contributed by atoms with Gasteiger partial charge in [0, 0.05) is 39.1 Å². The van der Waals surface area contributed by atoms with E-state index in [9.17, 15) is 14.0 Å². The van der Waals surface area contributed by atoms with Gasteiger partial charge in [0.1, 0.15) is 0 Å². The topological polar surface area (TPSA) is 61.9 Å². The molecular formula is C19H26FN3O3. The van der Waals surface area contributed by atoms with E-state index in [4.69, 9.17) is 4.74 Å². The number of methoxy groups -OCH3 is 1. The number of aryl methyl sites for hydroxylation is 1. The first kappa shape index (κ1) is 19.9. The van der Waals surface area contributed by atoms with Gasteiger partial charge in [-0.25, -0.2) is 4.39 Å². The minimum absolute atomic E-state index is 0.0359. The van der Waals surface area contributed by atoms with E-state index in [-0.39, 0.29) is 17.6 Å². The third kappa shape index (κ3) is 5.84. The molecule has 0 bridgehead atoms. The molecule has 0 atom stereocenters. The van der Waals surface area contributed by atoms with Crippen LogP contribution in [-0.4, -0.2) is 68.0 Å². The normalized spacial score (nSPS) is 14.8. The molecule has 1 N–H and O–H groups in total. The molecule has 0 unspecified atom stereocenters. The first-order valence-electron chi connectivity index (χ1n) is 8.73. The van der Waals surface area contributed by atoms with Crippen LogP contribution >= 0.6 is 0 Å². The second kappa shape index (κ2) is 9.91. The summed E-state index contributed by atoms with van der Waals surface area (Å²) in [5.41, 5.74) is 0.772. The fourth-order valence-corrected chi connectivity index (χ4v) is 2.88. The third-order valence-corrected chi connectivity index (χ3v) is 4.38. The van der Waals surface area contributed by atoms with Gasteiger partial charge in [-0.15, -0.1) is 6.58 Å². The molecule has 2 amide bonds. The van der Waals surface area contributed by atoms with E-state index in [2.05, 4.69) is 11.9 Å². The monoisotopic (exact) mass is 363 g/mol. The Kier molecular flexibility index (Phi) is 7.59. The van der Waals surface area contributed by atoms with Crippen LogP contribution in [0.2, 0.25) is 0 Å². The zero-order chi connectivity index (χ0) is 18.9. The Morgan fingerprint density at radius 3 is 2.65 bits per heavy atom. The maximum atomic E-state index is 13.7. The van der Waals surface area contributed by atoms with Gasteiger partial charge in [0.15, 0.2) is 11.6 Å². The van der Waals surface area contributed by atoms with Crippen molar-refractivity contribution in [2.75, 3.05) is 46.4 Å². The van der Waals surface area contributed by atoms with E-state index in [1.165, 1.54) is 13.2 Å². The molecule has 2 rings (SSSR count). The number of nitrogens with zero attached hydrogens (tertiary/aromatic N) is 2. The van der Waals surface area contributed by atoms with Gasteiger partial charge in [0.25, 0.3) is 0 Å². The molecule has 6 nitrogen and oxygen atoms in total. The van der Waals surface area contributed by atoms with Crippen LogP contribution in [0.15, 0.2) is 30.9 Å². The van der Waals surface area contributed by atoms with Crippen molar-refractivity contribution in [3.63, 3.8) is 0 Å². The minimum Gasteiger partial charge on any atom is -0.494 e. The SMILES string of the molecule is C=CCNC(=O)CN1CCN(C(=O)CCc2ccc(OC)c(F)c2)CC1. The molecule has 0 saturated carbocycles. The molecule has 1 aromatic rings.